The first kappa shape index (κ1) is 16.0. The minimum Gasteiger partial charge on any atom is -0.346 e. The van der Waals surface area contributed by atoms with Crippen molar-refractivity contribution >= 4 is 37.8 Å². The fourth-order valence-corrected chi connectivity index (χ4v) is 3.62. The van der Waals surface area contributed by atoms with E-state index in [1.165, 1.54) is 12.1 Å². The molecule has 1 aliphatic rings. The third kappa shape index (κ3) is 3.61. The Morgan fingerprint density at radius 3 is 2.65 bits per heavy atom. The first-order valence-electron chi connectivity index (χ1n) is 6.79. The van der Waals surface area contributed by atoms with Crippen molar-refractivity contribution in [2.45, 2.75) is 38.1 Å². The van der Waals surface area contributed by atoms with Crippen LogP contribution in [-0.4, -0.2) is 16.8 Å². The molecular weight excluding hydrogens is 389 g/mol. The highest BCUT2D eigenvalue weighted by atomic mass is 79.9. The predicted molar refractivity (Wildman–Crippen MR) is 85.7 cm³/mol. The monoisotopic (exact) mass is 405 g/mol. The second-order valence-corrected chi connectivity index (χ2v) is 7.15. The molecule has 1 aromatic rings. The van der Waals surface area contributed by atoms with Crippen molar-refractivity contribution < 1.29 is 9.18 Å². The summed E-state index contributed by atoms with van der Waals surface area (Å²) in [4.78, 5) is 12.3. The molecule has 2 rings (SSSR count). The van der Waals surface area contributed by atoms with Crippen LogP contribution < -0.4 is 5.32 Å². The number of amides is 1. The lowest BCUT2D eigenvalue weighted by molar-refractivity contribution is 0.0870. The number of nitrogens with one attached hydrogen (secondary N) is 1. The van der Waals surface area contributed by atoms with Gasteiger partial charge in [0.05, 0.1) is 11.1 Å². The summed E-state index contributed by atoms with van der Waals surface area (Å²) in [5, 5.41) is 3.74. The average Bonchev–Trinajstić information content (AvgIpc) is 2.41. The zero-order valence-electron chi connectivity index (χ0n) is 11.4. The molecule has 0 radical (unpaired) electrons. The maximum atomic E-state index is 13.8. The van der Waals surface area contributed by atoms with E-state index in [2.05, 4.69) is 44.1 Å². The molecule has 0 aliphatic heterocycles. The van der Waals surface area contributed by atoms with E-state index < -0.39 is 5.82 Å². The van der Waals surface area contributed by atoms with Gasteiger partial charge in [-0.2, -0.15) is 0 Å². The topological polar surface area (TPSA) is 29.1 Å². The number of hydrogen-bond donors (Lipinski definition) is 1. The molecule has 2 nitrogen and oxygen atoms in total. The zero-order chi connectivity index (χ0) is 14.8. The molecule has 5 heteroatoms. The van der Waals surface area contributed by atoms with Crippen molar-refractivity contribution in [1.29, 1.82) is 0 Å². The lowest BCUT2D eigenvalue weighted by Crippen LogP contribution is -2.52. The molecule has 0 spiro atoms. The molecule has 1 fully saturated rings. The maximum Gasteiger partial charge on any atom is 0.254 e. The normalized spacial score (nSPS) is 26.3. The van der Waals surface area contributed by atoms with E-state index in [4.69, 9.17) is 0 Å². The third-order valence-electron chi connectivity index (χ3n) is 4.04. The fourth-order valence-electron chi connectivity index (χ4n) is 2.59. The van der Waals surface area contributed by atoms with Gasteiger partial charge < -0.3 is 5.32 Å². The Labute approximate surface area is 135 Å². The van der Waals surface area contributed by atoms with Gasteiger partial charge in [0.15, 0.2) is 0 Å². The van der Waals surface area contributed by atoms with Gasteiger partial charge in [-0.05, 0) is 49.8 Å². The zero-order valence-corrected chi connectivity index (χ0v) is 14.6. The Balaban J connectivity index is 2.13. The van der Waals surface area contributed by atoms with Gasteiger partial charge in [-0.15, -0.1) is 0 Å². The lowest BCUT2D eigenvalue weighted by Gasteiger charge is -2.39. The number of hydrogen-bond acceptors (Lipinski definition) is 1. The molecule has 0 atom stereocenters. The van der Waals surface area contributed by atoms with Crippen molar-refractivity contribution in [3.05, 3.63) is 34.1 Å². The molecule has 110 valence electrons. The van der Waals surface area contributed by atoms with Gasteiger partial charge >= 0.3 is 0 Å². The van der Waals surface area contributed by atoms with Crippen LogP contribution in [0.1, 0.15) is 43.0 Å². The van der Waals surface area contributed by atoms with Crippen LogP contribution in [0.15, 0.2) is 22.7 Å². The number of alkyl halides is 1. The molecule has 1 N–H and O–H groups in total. The van der Waals surface area contributed by atoms with Crippen LogP contribution in [0.5, 0.6) is 0 Å². The molecule has 0 bridgehead atoms. The van der Waals surface area contributed by atoms with Crippen molar-refractivity contribution in [3.63, 3.8) is 0 Å². The summed E-state index contributed by atoms with van der Waals surface area (Å²) in [6.07, 6.45) is 4.05. The van der Waals surface area contributed by atoms with Gasteiger partial charge in [0.25, 0.3) is 5.91 Å². The van der Waals surface area contributed by atoms with Crippen LogP contribution in [0.2, 0.25) is 0 Å². The summed E-state index contributed by atoms with van der Waals surface area (Å²) >= 11 is 6.70. The molecule has 0 unspecified atom stereocenters. The van der Waals surface area contributed by atoms with Crippen molar-refractivity contribution in [1.82, 2.24) is 5.32 Å². The number of carbonyl (C=O) groups is 1. The van der Waals surface area contributed by atoms with Crippen LogP contribution in [-0.2, 0) is 0 Å². The van der Waals surface area contributed by atoms with Gasteiger partial charge in [-0.1, -0.05) is 38.8 Å². The Hall–Kier alpha value is -0.420. The van der Waals surface area contributed by atoms with E-state index in [9.17, 15) is 9.18 Å². The Morgan fingerprint density at radius 1 is 1.45 bits per heavy atom. The largest absolute Gasteiger partial charge is 0.346 e. The van der Waals surface area contributed by atoms with E-state index in [-0.39, 0.29) is 17.0 Å². The highest BCUT2D eigenvalue weighted by molar-refractivity contribution is 9.10. The smallest absolute Gasteiger partial charge is 0.254 e. The highest BCUT2D eigenvalue weighted by Gasteiger charge is 2.35. The first-order valence-corrected chi connectivity index (χ1v) is 8.71. The van der Waals surface area contributed by atoms with E-state index in [0.717, 1.165) is 25.7 Å². The third-order valence-corrected chi connectivity index (χ3v) is 5.61. The maximum absolute atomic E-state index is 13.8. The van der Waals surface area contributed by atoms with Crippen molar-refractivity contribution in [2.24, 2.45) is 5.92 Å². The van der Waals surface area contributed by atoms with Crippen LogP contribution in [0.25, 0.3) is 0 Å². The number of halogens is 3. The van der Waals surface area contributed by atoms with Crippen LogP contribution >= 0.6 is 31.9 Å². The van der Waals surface area contributed by atoms with E-state index >= 15 is 0 Å². The number of rotatable bonds is 3. The van der Waals surface area contributed by atoms with E-state index in [1.54, 1.807) is 6.07 Å². The van der Waals surface area contributed by atoms with Crippen LogP contribution in [0.4, 0.5) is 4.39 Å². The molecule has 0 heterocycles. The van der Waals surface area contributed by atoms with Crippen LogP contribution in [0.3, 0.4) is 0 Å². The molecular formula is C15H18Br2FNO. The average molecular weight is 407 g/mol. The molecule has 0 aromatic heterocycles. The fraction of sp³-hybridized carbons (Fsp3) is 0.533. The number of benzene rings is 1. The molecule has 1 aromatic carbocycles. The van der Waals surface area contributed by atoms with Gasteiger partial charge in [0.2, 0.25) is 0 Å². The summed E-state index contributed by atoms with van der Waals surface area (Å²) in [5.41, 5.74) is -0.143. The molecule has 0 saturated heterocycles. The van der Waals surface area contributed by atoms with Gasteiger partial charge in [-0.3, -0.25) is 4.79 Å². The summed E-state index contributed by atoms with van der Waals surface area (Å²) in [6, 6.07) is 4.52. The summed E-state index contributed by atoms with van der Waals surface area (Å²) < 4.78 is 14.5. The molecule has 20 heavy (non-hydrogen) atoms. The van der Waals surface area contributed by atoms with Gasteiger partial charge in [0.1, 0.15) is 5.82 Å². The summed E-state index contributed by atoms with van der Waals surface area (Å²) in [6.45, 7) is 2.23. The molecule has 1 amide bonds. The van der Waals surface area contributed by atoms with Crippen molar-refractivity contribution in [3.8, 4) is 0 Å². The SMILES string of the molecule is CC1CCC(CBr)(NC(=O)c2ccc(Br)cc2F)CC1. The standard InChI is InChI=1S/C15H18Br2FNO/c1-10-4-6-15(9-16,7-5-10)19-14(20)12-3-2-11(17)8-13(12)18/h2-3,8,10H,4-7,9H2,1H3,(H,19,20). The van der Waals surface area contributed by atoms with Crippen LogP contribution in [0, 0.1) is 11.7 Å². The van der Waals surface area contributed by atoms with Gasteiger partial charge in [-0.25, -0.2) is 4.39 Å². The van der Waals surface area contributed by atoms with E-state index in [1.807, 2.05) is 0 Å². The second kappa shape index (κ2) is 6.56. The highest BCUT2D eigenvalue weighted by Crippen LogP contribution is 2.33. The number of carbonyl (C=O) groups excluding carboxylic acids is 1. The first-order chi connectivity index (χ1) is 9.46. The lowest BCUT2D eigenvalue weighted by atomic mass is 9.78. The summed E-state index contributed by atoms with van der Waals surface area (Å²) in [5.74, 6) is -0.127. The second-order valence-electron chi connectivity index (χ2n) is 5.67. The Kier molecular flexibility index (Phi) is 5.24. The minimum atomic E-state index is -0.495. The quantitative estimate of drug-likeness (QED) is 0.726. The Morgan fingerprint density at radius 2 is 2.10 bits per heavy atom. The van der Waals surface area contributed by atoms with E-state index in [0.29, 0.717) is 15.7 Å². The molecule has 1 saturated carbocycles. The summed E-state index contributed by atoms with van der Waals surface area (Å²) in [7, 11) is 0. The molecule has 1 aliphatic carbocycles. The predicted octanol–water partition coefficient (Wildman–Crippen LogP) is 4.66. The van der Waals surface area contributed by atoms with Crippen molar-refractivity contribution in [2.75, 3.05) is 5.33 Å². The Bertz CT molecular complexity index is 499. The minimum absolute atomic E-state index is 0.104. The van der Waals surface area contributed by atoms with Gasteiger partial charge in [0, 0.05) is 9.80 Å².